The van der Waals surface area contributed by atoms with Crippen molar-refractivity contribution in [2.24, 2.45) is 5.92 Å². The van der Waals surface area contributed by atoms with Gasteiger partial charge in [0.15, 0.2) is 11.4 Å². The molecule has 168 valence electrons. The van der Waals surface area contributed by atoms with Gasteiger partial charge in [0, 0.05) is 17.3 Å². The maximum Gasteiger partial charge on any atom is 0.416 e. The molecule has 0 aliphatic carbocycles. The summed E-state index contributed by atoms with van der Waals surface area (Å²) in [4.78, 5) is 24.5. The summed E-state index contributed by atoms with van der Waals surface area (Å²) in [5.41, 5.74) is 0.214. The van der Waals surface area contributed by atoms with Gasteiger partial charge >= 0.3 is 6.18 Å². The summed E-state index contributed by atoms with van der Waals surface area (Å²) < 4.78 is 45.3. The van der Waals surface area contributed by atoms with Crippen molar-refractivity contribution >= 4 is 23.2 Å². The number of amides is 2. The van der Waals surface area contributed by atoms with E-state index in [1.165, 1.54) is 25.4 Å². The van der Waals surface area contributed by atoms with Gasteiger partial charge in [-0.2, -0.15) is 18.3 Å². The third kappa shape index (κ3) is 5.26. The lowest BCUT2D eigenvalue weighted by Crippen LogP contribution is -2.18. The van der Waals surface area contributed by atoms with E-state index >= 15 is 0 Å². The number of rotatable bonds is 6. The van der Waals surface area contributed by atoms with E-state index in [1.54, 1.807) is 38.1 Å². The fourth-order valence-electron chi connectivity index (χ4n) is 2.74. The Morgan fingerprint density at radius 3 is 2.22 bits per heavy atom. The highest BCUT2D eigenvalue weighted by Crippen LogP contribution is 2.31. The SMILES string of the molecule is COc1cn(-c2cccc(C(F)(F)F)c2)nc1C(=O)Nc1ccc(NC(=O)C(C)C)cc1. The van der Waals surface area contributed by atoms with Crippen molar-refractivity contribution in [1.82, 2.24) is 9.78 Å². The normalized spacial score (nSPS) is 11.3. The van der Waals surface area contributed by atoms with Crippen molar-refractivity contribution in [1.29, 1.82) is 0 Å². The molecule has 0 radical (unpaired) electrons. The Labute approximate surface area is 182 Å². The average Bonchev–Trinajstić information content (AvgIpc) is 3.19. The van der Waals surface area contributed by atoms with Gasteiger partial charge < -0.3 is 15.4 Å². The zero-order valence-corrected chi connectivity index (χ0v) is 17.5. The molecule has 0 unspecified atom stereocenters. The number of hydrogen-bond donors (Lipinski definition) is 2. The molecular formula is C22H21F3N4O3. The standard InChI is InChI=1S/C22H21F3N4O3/c1-13(2)20(30)26-15-7-9-16(10-8-15)27-21(31)19-18(32-3)12-29(28-19)17-6-4-5-14(11-17)22(23,24)25/h4-13H,1-3H3,(H,26,30)(H,27,31). The second-order valence-corrected chi connectivity index (χ2v) is 7.21. The third-order valence-corrected chi connectivity index (χ3v) is 4.49. The molecule has 0 saturated carbocycles. The van der Waals surface area contributed by atoms with Gasteiger partial charge in [-0.15, -0.1) is 0 Å². The molecule has 2 amide bonds. The quantitative estimate of drug-likeness (QED) is 0.573. The zero-order valence-electron chi connectivity index (χ0n) is 17.5. The summed E-state index contributed by atoms with van der Waals surface area (Å²) in [5, 5.41) is 9.49. The van der Waals surface area contributed by atoms with Gasteiger partial charge in [0.1, 0.15) is 0 Å². The molecule has 0 bridgehead atoms. The first-order chi connectivity index (χ1) is 15.1. The van der Waals surface area contributed by atoms with Crippen molar-refractivity contribution in [3.05, 3.63) is 66.0 Å². The summed E-state index contributed by atoms with van der Waals surface area (Å²) in [6.45, 7) is 3.55. The van der Waals surface area contributed by atoms with Gasteiger partial charge in [0.05, 0.1) is 24.6 Å². The number of carbonyl (C=O) groups is 2. The zero-order chi connectivity index (χ0) is 23.5. The summed E-state index contributed by atoms with van der Waals surface area (Å²) in [7, 11) is 1.33. The minimum Gasteiger partial charge on any atom is -0.493 e. The van der Waals surface area contributed by atoms with Crippen molar-refractivity contribution in [3.8, 4) is 11.4 Å². The minimum atomic E-state index is -4.51. The van der Waals surface area contributed by atoms with Crippen LogP contribution in [0.5, 0.6) is 5.75 Å². The highest BCUT2D eigenvalue weighted by Gasteiger charge is 2.30. The first kappa shape index (κ1) is 22.9. The van der Waals surface area contributed by atoms with Crippen molar-refractivity contribution in [3.63, 3.8) is 0 Å². The molecule has 0 spiro atoms. The topological polar surface area (TPSA) is 85.2 Å². The Bertz CT molecular complexity index is 1120. The number of carbonyl (C=O) groups excluding carboxylic acids is 2. The van der Waals surface area contributed by atoms with Crippen LogP contribution in [0.25, 0.3) is 5.69 Å². The Morgan fingerprint density at radius 1 is 1.03 bits per heavy atom. The number of anilines is 2. The van der Waals surface area contributed by atoms with Crippen LogP contribution >= 0.6 is 0 Å². The van der Waals surface area contributed by atoms with Crippen LogP contribution in [0, 0.1) is 5.92 Å². The monoisotopic (exact) mass is 446 g/mol. The molecule has 0 fully saturated rings. The number of benzene rings is 2. The lowest BCUT2D eigenvalue weighted by atomic mass is 10.2. The van der Waals surface area contributed by atoms with Crippen LogP contribution in [0.2, 0.25) is 0 Å². The van der Waals surface area contributed by atoms with Crippen molar-refractivity contribution in [2.45, 2.75) is 20.0 Å². The Balaban J connectivity index is 1.79. The lowest BCUT2D eigenvalue weighted by molar-refractivity contribution is -0.137. The number of ether oxygens (including phenoxy) is 1. The van der Waals surface area contributed by atoms with E-state index in [1.807, 2.05) is 0 Å². The fraction of sp³-hybridized carbons (Fsp3) is 0.227. The van der Waals surface area contributed by atoms with Gasteiger partial charge in [-0.25, -0.2) is 4.68 Å². The van der Waals surface area contributed by atoms with Crippen LogP contribution in [0.15, 0.2) is 54.7 Å². The molecule has 0 aliphatic heterocycles. The minimum absolute atomic E-state index is 0.0953. The fourth-order valence-corrected chi connectivity index (χ4v) is 2.74. The number of nitrogens with one attached hydrogen (secondary N) is 2. The summed E-state index contributed by atoms with van der Waals surface area (Å²) in [6, 6.07) is 11.0. The maximum absolute atomic E-state index is 13.0. The molecule has 3 rings (SSSR count). The molecule has 7 nitrogen and oxygen atoms in total. The van der Waals surface area contributed by atoms with Crippen LogP contribution in [0.1, 0.15) is 29.9 Å². The highest BCUT2D eigenvalue weighted by atomic mass is 19.4. The van der Waals surface area contributed by atoms with Gasteiger partial charge in [-0.05, 0) is 42.5 Å². The average molecular weight is 446 g/mol. The molecule has 1 heterocycles. The van der Waals surface area contributed by atoms with E-state index in [-0.39, 0.29) is 29.0 Å². The van der Waals surface area contributed by atoms with Gasteiger partial charge in [0.2, 0.25) is 5.91 Å². The van der Waals surface area contributed by atoms with E-state index in [9.17, 15) is 22.8 Å². The van der Waals surface area contributed by atoms with Gasteiger partial charge in [-0.1, -0.05) is 19.9 Å². The summed E-state index contributed by atoms with van der Waals surface area (Å²) >= 11 is 0. The second kappa shape index (κ2) is 9.13. The van der Waals surface area contributed by atoms with E-state index in [0.717, 1.165) is 16.8 Å². The number of alkyl halides is 3. The molecular weight excluding hydrogens is 425 g/mol. The molecule has 10 heteroatoms. The molecule has 2 aromatic carbocycles. The Morgan fingerprint density at radius 2 is 1.66 bits per heavy atom. The second-order valence-electron chi connectivity index (χ2n) is 7.21. The lowest BCUT2D eigenvalue weighted by Gasteiger charge is -2.09. The van der Waals surface area contributed by atoms with E-state index < -0.39 is 17.6 Å². The van der Waals surface area contributed by atoms with Crippen molar-refractivity contribution < 1.29 is 27.5 Å². The van der Waals surface area contributed by atoms with Crippen LogP contribution in [-0.2, 0) is 11.0 Å². The maximum atomic E-state index is 13.0. The molecule has 2 N–H and O–H groups in total. The number of nitrogens with zero attached hydrogens (tertiary/aromatic N) is 2. The van der Waals surface area contributed by atoms with Crippen LogP contribution in [0.3, 0.4) is 0 Å². The number of hydrogen-bond acceptors (Lipinski definition) is 4. The number of halogens is 3. The third-order valence-electron chi connectivity index (χ3n) is 4.49. The number of methoxy groups -OCH3 is 1. The Hall–Kier alpha value is -3.82. The smallest absolute Gasteiger partial charge is 0.416 e. The summed E-state index contributed by atoms with van der Waals surface area (Å²) in [6.07, 6.45) is -3.18. The Kier molecular flexibility index (Phi) is 6.52. The molecule has 0 atom stereocenters. The summed E-state index contributed by atoms with van der Waals surface area (Å²) in [5.74, 6) is -0.812. The van der Waals surface area contributed by atoms with Crippen LogP contribution < -0.4 is 15.4 Å². The first-order valence-electron chi connectivity index (χ1n) is 9.62. The predicted molar refractivity (Wildman–Crippen MR) is 113 cm³/mol. The largest absolute Gasteiger partial charge is 0.493 e. The highest BCUT2D eigenvalue weighted by molar-refractivity contribution is 6.05. The molecule has 3 aromatic rings. The van der Waals surface area contributed by atoms with Gasteiger partial charge in [-0.3, -0.25) is 9.59 Å². The van der Waals surface area contributed by atoms with E-state index in [0.29, 0.717) is 11.4 Å². The molecule has 32 heavy (non-hydrogen) atoms. The molecule has 1 aromatic heterocycles. The number of aromatic nitrogens is 2. The van der Waals surface area contributed by atoms with E-state index in [4.69, 9.17) is 4.74 Å². The predicted octanol–water partition coefficient (Wildman–Crippen LogP) is 4.75. The van der Waals surface area contributed by atoms with E-state index in [2.05, 4.69) is 15.7 Å². The van der Waals surface area contributed by atoms with Gasteiger partial charge in [0.25, 0.3) is 5.91 Å². The van der Waals surface area contributed by atoms with Crippen LogP contribution in [0.4, 0.5) is 24.5 Å². The molecule has 0 aliphatic rings. The van der Waals surface area contributed by atoms with Crippen molar-refractivity contribution in [2.75, 3.05) is 17.7 Å². The first-order valence-corrected chi connectivity index (χ1v) is 9.62. The molecule has 0 saturated heterocycles. The van der Waals surface area contributed by atoms with Crippen LogP contribution in [-0.4, -0.2) is 28.7 Å².